The third-order valence-corrected chi connectivity index (χ3v) is 2.91. The van der Waals surface area contributed by atoms with Gasteiger partial charge in [0.25, 0.3) is 5.91 Å². The molecular weight excluding hydrogens is 259 g/mol. The summed E-state index contributed by atoms with van der Waals surface area (Å²) in [5, 5.41) is 0. The first-order valence-corrected chi connectivity index (χ1v) is 6.15. The topological polar surface area (TPSA) is 71.2 Å². The highest BCUT2D eigenvalue weighted by molar-refractivity contribution is 6.09. The Bertz CT molecular complexity index is 600. The highest BCUT2D eigenvalue weighted by Crippen LogP contribution is 2.20. The molecular formula is C14H15FN4O. The normalized spacial score (nSPS) is 10.2. The Morgan fingerprint density at radius 3 is 2.65 bits per heavy atom. The summed E-state index contributed by atoms with van der Waals surface area (Å²) in [5.74, 6) is 4.81. The van der Waals surface area contributed by atoms with E-state index in [1.807, 2.05) is 6.92 Å². The molecule has 0 fully saturated rings. The number of hydrogen-bond donors (Lipinski definition) is 2. The summed E-state index contributed by atoms with van der Waals surface area (Å²) in [4.78, 5) is 18.0. The standard InChI is InChI=1S/C14H15FN4O/c1-2-19(11-5-3-10(15)4-6-11)14(20)12-7-8-17-9-13(12)18-16/h3-9,18H,2,16H2,1H3. The fraction of sp³-hybridized carbons (Fsp3) is 0.143. The van der Waals surface area contributed by atoms with E-state index in [1.165, 1.54) is 29.4 Å². The first kappa shape index (κ1) is 14.0. The number of aromatic nitrogens is 1. The average Bonchev–Trinajstić information content (AvgIpc) is 2.49. The summed E-state index contributed by atoms with van der Waals surface area (Å²) < 4.78 is 13.0. The third kappa shape index (κ3) is 2.75. The molecule has 0 bridgehead atoms. The van der Waals surface area contributed by atoms with Crippen LogP contribution in [0.15, 0.2) is 42.7 Å². The van der Waals surface area contributed by atoms with Crippen molar-refractivity contribution < 1.29 is 9.18 Å². The molecule has 0 aliphatic carbocycles. The SMILES string of the molecule is CCN(C(=O)c1ccncc1NN)c1ccc(F)cc1. The fourth-order valence-electron chi connectivity index (χ4n) is 1.91. The molecule has 0 saturated carbocycles. The lowest BCUT2D eigenvalue weighted by atomic mass is 10.2. The minimum Gasteiger partial charge on any atom is -0.322 e. The lowest BCUT2D eigenvalue weighted by Crippen LogP contribution is -2.31. The van der Waals surface area contributed by atoms with Gasteiger partial charge >= 0.3 is 0 Å². The predicted molar refractivity (Wildman–Crippen MR) is 75.8 cm³/mol. The van der Waals surface area contributed by atoms with Gasteiger partial charge in [-0.05, 0) is 37.3 Å². The van der Waals surface area contributed by atoms with E-state index in [9.17, 15) is 9.18 Å². The molecule has 0 spiro atoms. The summed E-state index contributed by atoms with van der Waals surface area (Å²) in [7, 11) is 0. The van der Waals surface area contributed by atoms with Crippen molar-refractivity contribution in [1.29, 1.82) is 0 Å². The number of anilines is 2. The number of nitrogens with two attached hydrogens (primary N) is 1. The van der Waals surface area contributed by atoms with Crippen LogP contribution in [0.2, 0.25) is 0 Å². The van der Waals surface area contributed by atoms with Crippen LogP contribution in [0.25, 0.3) is 0 Å². The number of hydrazine groups is 1. The van der Waals surface area contributed by atoms with E-state index >= 15 is 0 Å². The highest BCUT2D eigenvalue weighted by atomic mass is 19.1. The van der Waals surface area contributed by atoms with Crippen LogP contribution in [0, 0.1) is 5.82 Å². The molecule has 0 unspecified atom stereocenters. The molecule has 0 aliphatic rings. The number of amides is 1. The molecule has 0 atom stereocenters. The zero-order valence-corrected chi connectivity index (χ0v) is 11.0. The van der Waals surface area contributed by atoms with Crippen LogP contribution in [0.3, 0.4) is 0 Å². The van der Waals surface area contributed by atoms with E-state index in [4.69, 9.17) is 5.84 Å². The molecule has 6 heteroatoms. The molecule has 1 heterocycles. The van der Waals surface area contributed by atoms with Crippen molar-refractivity contribution in [3.63, 3.8) is 0 Å². The summed E-state index contributed by atoms with van der Waals surface area (Å²) >= 11 is 0. The van der Waals surface area contributed by atoms with Gasteiger partial charge in [0.05, 0.1) is 17.4 Å². The van der Waals surface area contributed by atoms with Crippen LogP contribution in [0.4, 0.5) is 15.8 Å². The Balaban J connectivity index is 2.36. The molecule has 1 aromatic carbocycles. The maximum absolute atomic E-state index is 13.0. The largest absolute Gasteiger partial charge is 0.322 e. The zero-order chi connectivity index (χ0) is 14.5. The molecule has 0 radical (unpaired) electrons. The molecule has 0 aliphatic heterocycles. The van der Waals surface area contributed by atoms with Gasteiger partial charge in [0.2, 0.25) is 0 Å². The third-order valence-electron chi connectivity index (χ3n) is 2.91. The second kappa shape index (κ2) is 6.12. The van der Waals surface area contributed by atoms with Crippen molar-refractivity contribution in [2.45, 2.75) is 6.92 Å². The van der Waals surface area contributed by atoms with E-state index in [-0.39, 0.29) is 11.7 Å². The van der Waals surface area contributed by atoms with Crippen molar-refractivity contribution in [3.05, 3.63) is 54.1 Å². The number of benzene rings is 1. The molecule has 5 nitrogen and oxygen atoms in total. The fourth-order valence-corrected chi connectivity index (χ4v) is 1.91. The Morgan fingerprint density at radius 2 is 2.05 bits per heavy atom. The smallest absolute Gasteiger partial charge is 0.260 e. The Morgan fingerprint density at radius 1 is 1.35 bits per heavy atom. The number of pyridine rings is 1. The number of hydrogen-bond acceptors (Lipinski definition) is 4. The predicted octanol–water partition coefficient (Wildman–Crippen LogP) is 2.17. The number of nitrogens with one attached hydrogen (secondary N) is 1. The molecule has 0 saturated heterocycles. The molecule has 2 aromatic rings. The summed E-state index contributed by atoms with van der Waals surface area (Å²) in [5.41, 5.74) is 3.92. The second-order valence-corrected chi connectivity index (χ2v) is 4.09. The average molecular weight is 274 g/mol. The molecule has 20 heavy (non-hydrogen) atoms. The second-order valence-electron chi connectivity index (χ2n) is 4.09. The van der Waals surface area contributed by atoms with Gasteiger partial charge < -0.3 is 10.3 Å². The lowest BCUT2D eigenvalue weighted by molar-refractivity contribution is 0.0989. The van der Waals surface area contributed by atoms with Crippen LogP contribution in [-0.4, -0.2) is 17.4 Å². The van der Waals surface area contributed by atoms with Crippen LogP contribution in [0.1, 0.15) is 17.3 Å². The number of rotatable bonds is 4. The van der Waals surface area contributed by atoms with Gasteiger partial charge in [-0.1, -0.05) is 0 Å². The molecule has 3 N–H and O–H groups in total. The Hall–Kier alpha value is -2.47. The maximum atomic E-state index is 13.0. The number of carbonyl (C=O) groups excluding carboxylic acids is 1. The van der Waals surface area contributed by atoms with Gasteiger partial charge in [0.1, 0.15) is 5.82 Å². The van der Waals surface area contributed by atoms with Crippen molar-refractivity contribution in [2.75, 3.05) is 16.9 Å². The van der Waals surface area contributed by atoms with Crippen LogP contribution < -0.4 is 16.2 Å². The first-order valence-electron chi connectivity index (χ1n) is 6.15. The summed E-state index contributed by atoms with van der Waals surface area (Å²) in [6.45, 7) is 2.30. The number of carbonyl (C=O) groups is 1. The monoisotopic (exact) mass is 274 g/mol. The molecule has 1 amide bonds. The Kier molecular flexibility index (Phi) is 4.27. The van der Waals surface area contributed by atoms with E-state index in [1.54, 1.807) is 18.2 Å². The van der Waals surface area contributed by atoms with E-state index in [0.717, 1.165) is 0 Å². The van der Waals surface area contributed by atoms with Crippen molar-refractivity contribution in [2.24, 2.45) is 5.84 Å². The van der Waals surface area contributed by atoms with Gasteiger partial charge in [-0.15, -0.1) is 0 Å². The van der Waals surface area contributed by atoms with Gasteiger partial charge in [0, 0.05) is 18.4 Å². The number of nitrogens with zero attached hydrogens (tertiary/aromatic N) is 2. The summed E-state index contributed by atoms with van der Waals surface area (Å²) in [6.07, 6.45) is 3.00. The van der Waals surface area contributed by atoms with E-state index < -0.39 is 0 Å². The quantitative estimate of drug-likeness (QED) is 0.662. The zero-order valence-electron chi connectivity index (χ0n) is 11.0. The number of nitrogen functional groups attached to an aromatic ring is 1. The lowest BCUT2D eigenvalue weighted by Gasteiger charge is -2.22. The molecule has 1 aromatic heterocycles. The maximum Gasteiger partial charge on any atom is 0.260 e. The first-order chi connectivity index (χ1) is 9.67. The van der Waals surface area contributed by atoms with E-state index in [2.05, 4.69) is 10.4 Å². The number of halogens is 1. The minimum absolute atomic E-state index is 0.227. The van der Waals surface area contributed by atoms with Crippen LogP contribution in [0.5, 0.6) is 0 Å². The minimum atomic E-state index is -0.342. The van der Waals surface area contributed by atoms with Crippen molar-refractivity contribution in [1.82, 2.24) is 4.98 Å². The van der Waals surface area contributed by atoms with Crippen LogP contribution in [-0.2, 0) is 0 Å². The Labute approximate surface area is 116 Å². The summed E-state index contributed by atoms with van der Waals surface area (Å²) in [6, 6.07) is 7.35. The van der Waals surface area contributed by atoms with E-state index in [0.29, 0.717) is 23.5 Å². The van der Waals surface area contributed by atoms with Gasteiger partial charge in [-0.3, -0.25) is 15.6 Å². The van der Waals surface area contributed by atoms with Gasteiger partial charge in [0.15, 0.2) is 0 Å². The van der Waals surface area contributed by atoms with Gasteiger partial charge in [-0.25, -0.2) is 4.39 Å². The van der Waals surface area contributed by atoms with Crippen molar-refractivity contribution >= 4 is 17.3 Å². The molecule has 2 rings (SSSR count). The van der Waals surface area contributed by atoms with Crippen LogP contribution >= 0.6 is 0 Å². The highest BCUT2D eigenvalue weighted by Gasteiger charge is 2.19. The van der Waals surface area contributed by atoms with Gasteiger partial charge in [-0.2, -0.15) is 0 Å². The molecule has 104 valence electrons. The van der Waals surface area contributed by atoms with Crippen molar-refractivity contribution in [3.8, 4) is 0 Å².